The molecule has 3 aromatic rings. The van der Waals surface area contributed by atoms with E-state index in [0.29, 0.717) is 27.3 Å². The molecule has 0 bridgehead atoms. The standard InChI is InChI=1S/C18H16Cl2N4OS/c1-11-2-5-14(20)9-15(11)21-17(25)10-26-18-22-16(23-24-18)8-12-3-6-13(19)7-4-12/h2-7,9H,8,10H2,1H3,(H,21,25)(H,22,23,24). The predicted octanol–water partition coefficient (Wildman–Crippen LogP) is 4.74. The van der Waals surface area contributed by atoms with Gasteiger partial charge >= 0.3 is 0 Å². The third-order valence-corrected chi connectivity index (χ3v) is 4.94. The summed E-state index contributed by atoms with van der Waals surface area (Å²) >= 11 is 13.1. The van der Waals surface area contributed by atoms with E-state index in [4.69, 9.17) is 23.2 Å². The number of halogens is 2. The number of carbonyl (C=O) groups is 1. The number of aryl methyl sites for hydroxylation is 1. The Morgan fingerprint density at radius 2 is 1.88 bits per heavy atom. The van der Waals surface area contributed by atoms with Crippen molar-refractivity contribution in [2.45, 2.75) is 18.5 Å². The Labute approximate surface area is 165 Å². The van der Waals surface area contributed by atoms with Gasteiger partial charge in [0, 0.05) is 22.2 Å². The van der Waals surface area contributed by atoms with E-state index in [9.17, 15) is 4.79 Å². The average Bonchev–Trinajstić information content (AvgIpc) is 3.06. The molecule has 0 saturated carbocycles. The van der Waals surface area contributed by atoms with Crippen molar-refractivity contribution in [3.05, 3.63) is 69.5 Å². The van der Waals surface area contributed by atoms with Crippen molar-refractivity contribution >= 4 is 46.6 Å². The van der Waals surface area contributed by atoms with Crippen LogP contribution in [0.1, 0.15) is 17.0 Å². The highest BCUT2D eigenvalue weighted by molar-refractivity contribution is 7.99. The summed E-state index contributed by atoms with van der Waals surface area (Å²) in [5, 5.41) is 11.7. The second kappa shape index (κ2) is 8.58. The van der Waals surface area contributed by atoms with Crippen LogP contribution >= 0.6 is 35.0 Å². The summed E-state index contributed by atoms with van der Waals surface area (Å²) < 4.78 is 0. The topological polar surface area (TPSA) is 70.7 Å². The van der Waals surface area contributed by atoms with Crippen LogP contribution in [0.25, 0.3) is 0 Å². The lowest BCUT2D eigenvalue weighted by atomic mass is 10.1. The summed E-state index contributed by atoms with van der Waals surface area (Å²) in [6.07, 6.45) is 0.624. The van der Waals surface area contributed by atoms with Crippen molar-refractivity contribution in [2.24, 2.45) is 0 Å². The number of carbonyl (C=O) groups excluding carboxylic acids is 1. The SMILES string of the molecule is Cc1ccc(Cl)cc1NC(=O)CSc1n[nH]c(Cc2ccc(Cl)cc2)n1. The molecule has 0 atom stereocenters. The normalized spacial score (nSPS) is 10.7. The Balaban J connectivity index is 1.53. The summed E-state index contributed by atoms with van der Waals surface area (Å²) in [5.74, 6) is 0.815. The van der Waals surface area contributed by atoms with Gasteiger partial charge in [0.15, 0.2) is 0 Å². The van der Waals surface area contributed by atoms with Crippen molar-refractivity contribution in [3.63, 3.8) is 0 Å². The van der Waals surface area contributed by atoms with E-state index in [1.807, 2.05) is 37.3 Å². The van der Waals surface area contributed by atoms with Gasteiger partial charge in [0.1, 0.15) is 5.82 Å². The van der Waals surface area contributed by atoms with Crippen molar-refractivity contribution in [1.29, 1.82) is 0 Å². The summed E-state index contributed by atoms with van der Waals surface area (Å²) in [6, 6.07) is 12.9. The van der Waals surface area contributed by atoms with Gasteiger partial charge in [-0.05, 0) is 42.3 Å². The number of benzene rings is 2. The summed E-state index contributed by atoms with van der Waals surface area (Å²) in [4.78, 5) is 16.5. The molecule has 0 unspecified atom stereocenters. The van der Waals surface area contributed by atoms with Crippen LogP contribution in [-0.2, 0) is 11.2 Å². The minimum absolute atomic E-state index is 0.135. The molecule has 26 heavy (non-hydrogen) atoms. The van der Waals surface area contributed by atoms with Gasteiger partial charge in [-0.1, -0.05) is 53.2 Å². The first-order valence-electron chi connectivity index (χ1n) is 7.84. The number of amides is 1. The number of H-pyrrole nitrogens is 1. The number of nitrogens with zero attached hydrogens (tertiary/aromatic N) is 2. The number of aromatic amines is 1. The van der Waals surface area contributed by atoms with Gasteiger partial charge in [0.25, 0.3) is 0 Å². The summed E-state index contributed by atoms with van der Waals surface area (Å²) in [5.41, 5.74) is 2.74. The summed E-state index contributed by atoms with van der Waals surface area (Å²) in [6.45, 7) is 1.91. The molecule has 1 aromatic heterocycles. The Bertz CT molecular complexity index is 912. The average molecular weight is 407 g/mol. The molecule has 0 aliphatic carbocycles. The molecule has 0 spiro atoms. The molecule has 5 nitrogen and oxygen atoms in total. The number of thioether (sulfide) groups is 1. The van der Waals surface area contributed by atoms with Gasteiger partial charge in [-0.25, -0.2) is 4.98 Å². The summed E-state index contributed by atoms with van der Waals surface area (Å²) in [7, 11) is 0. The third-order valence-electron chi connectivity index (χ3n) is 3.60. The Hall–Kier alpha value is -2.02. The molecule has 0 radical (unpaired) electrons. The predicted molar refractivity (Wildman–Crippen MR) is 106 cm³/mol. The number of nitrogens with one attached hydrogen (secondary N) is 2. The molecule has 0 aliphatic heterocycles. The van der Waals surface area contributed by atoms with E-state index in [2.05, 4.69) is 20.5 Å². The number of hydrogen-bond donors (Lipinski definition) is 2. The number of hydrogen-bond acceptors (Lipinski definition) is 4. The number of aromatic nitrogens is 3. The van der Waals surface area contributed by atoms with Crippen LogP contribution in [0.2, 0.25) is 10.0 Å². The van der Waals surface area contributed by atoms with E-state index >= 15 is 0 Å². The number of rotatable bonds is 6. The zero-order chi connectivity index (χ0) is 18.5. The van der Waals surface area contributed by atoms with Gasteiger partial charge < -0.3 is 5.32 Å². The number of anilines is 1. The maximum absolute atomic E-state index is 12.1. The molecule has 0 saturated heterocycles. The molecule has 1 heterocycles. The first kappa shape index (κ1) is 18.8. The van der Waals surface area contributed by atoms with E-state index < -0.39 is 0 Å². The first-order valence-corrected chi connectivity index (χ1v) is 9.58. The second-order valence-electron chi connectivity index (χ2n) is 5.66. The van der Waals surface area contributed by atoms with Crippen molar-refractivity contribution in [1.82, 2.24) is 15.2 Å². The minimum atomic E-state index is -0.135. The lowest BCUT2D eigenvalue weighted by Gasteiger charge is -2.07. The lowest BCUT2D eigenvalue weighted by molar-refractivity contribution is -0.113. The fourth-order valence-corrected chi connectivity index (χ4v) is 3.18. The molecular formula is C18H16Cl2N4OS. The molecule has 1 amide bonds. The fourth-order valence-electron chi connectivity index (χ4n) is 2.26. The van der Waals surface area contributed by atoms with Gasteiger partial charge in [0.2, 0.25) is 11.1 Å². The zero-order valence-corrected chi connectivity index (χ0v) is 16.3. The lowest BCUT2D eigenvalue weighted by Crippen LogP contribution is -2.14. The van der Waals surface area contributed by atoms with Gasteiger partial charge in [0.05, 0.1) is 5.75 Å². The van der Waals surface area contributed by atoms with Crippen LogP contribution in [0.15, 0.2) is 47.6 Å². The highest BCUT2D eigenvalue weighted by Gasteiger charge is 2.10. The van der Waals surface area contributed by atoms with E-state index in [1.54, 1.807) is 12.1 Å². The highest BCUT2D eigenvalue weighted by Crippen LogP contribution is 2.21. The van der Waals surface area contributed by atoms with Crippen molar-refractivity contribution in [2.75, 3.05) is 11.1 Å². The smallest absolute Gasteiger partial charge is 0.234 e. The van der Waals surface area contributed by atoms with Gasteiger partial charge in [-0.15, -0.1) is 5.10 Å². The van der Waals surface area contributed by atoms with Gasteiger partial charge in [-0.2, -0.15) is 0 Å². The zero-order valence-electron chi connectivity index (χ0n) is 13.9. The highest BCUT2D eigenvalue weighted by atomic mass is 35.5. The molecule has 2 N–H and O–H groups in total. The Morgan fingerprint density at radius 1 is 1.15 bits per heavy atom. The van der Waals surface area contributed by atoms with Crippen molar-refractivity contribution < 1.29 is 4.79 Å². The maximum atomic E-state index is 12.1. The molecule has 8 heteroatoms. The minimum Gasteiger partial charge on any atom is -0.325 e. The van der Waals surface area contributed by atoms with Crippen LogP contribution in [0, 0.1) is 6.92 Å². The second-order valence-corrected chi connectivity index (χ2v) is 7.48. The van der Waals surface area contributed by atoms with Crippen LogP contribution in [0.4, 0.5) is 5.69 Å². The fraction of sp³-hybridized carbons (Fsp3) is 0.167. The Morgan fingerprint density at radius 3 is 2.65 bits per heavy atom. The van der Waals surface area contributed by atoms with Crippen LogP contribution in [0.3, 0.4) is 0 Å². The largest absolute Gasteiger partial charge is 0.325 e. The molecule has 0 aliphatic rings. The van der Waals surface area contributed by atoms with Crippen molar-refractivity contribution in [3.8, 4) is 0 Å². The third kappa shape index (κ3) is 5.24. The molecule has 3 rings (SSSR count). The van der Waals surface area contributed by atoms with Crippen LogP contribution < -0.4 is 5.32 Å². The Kier molecular flexibility index (Phi) is 6.19. The molecular weight excluding hydrogens is 391 g/mol. The van der Waals surface area contributed by atoms with Crippen LogP contribution in [-0.4, -0.2) is 26.8 Å². The van der Waals surface area contributed by atoms with E-state index in [0.717, 1.165) is 17.0 Å². The van der Waals surface area contributed by atoms with Crippen LogP contribution in [0.5, 0.6) is 0 Å². The van der Waals surface area contributed by atoms with E-state index in [-0.39, 0.29) is 11.7 Å². The first-order chi connectivity index (χ1) is 12.5. The van der Waals surface area contributed by atoms with Gasteiger partial charge in [-0.3, -0.25) is 9.89 Å². The monoisotopic (exact) mass is 406 g/mol. The molecule has 2 aromatic carbocycles. The maximum Gasteiger partial charge on any atom is 0.234 e. The molecule has 134 valence electrons. The molecule has 0 fully saturated rings. The quantitative estimate of drug-likeness (QED) is 0.579. The van der Waals surface area contributed by atoms with E-state index in [1.165, 1.54) is 11.8 Å².